The summed E-state index contributed by atoms with van der Waals surface area (Å²) in [6.45, 7) is 1.74. The zero-order valence-electron chi connectivity index (χ0n) is 20.0. The molecule has 6 rings (SSSR count). The van der Waals surface area contributed by atoms with Crippen molar-refractivity contribution in [3.63, 3.8) is 0 Å². The first-order valence-electron chi connectivity index (χ1n) is 11.5. The highest BCUT2D eigenvalue weighted by molar-refractivity contribution is 6.26. The number of benzene rings is 3. The molecule has 0 aliphatic rings. The van der Waals surface area contributed by atoms with Crippen molar-refractivity contribution in [1.29, 1.82) is 0 Å². The standard InChI is InChI=1S/C27H22NO2/c1-15-9-10-19-26-23(12-11-22-25(26)18-7-5-6-8-21(18)29-22)30-27(19)24(15)20-13-16(2)17(3)14-28(20)4/h5-14H,1-4H3/q+1/i3D3. The molecular formula is C27H22NO2+. The third-order valence-corrected chi connectivity index (χ3v) is 6.09. The van der Waals surface area contributed by atoms with Gasteiger partial charge in [0.05, 0.1) is 5.56 Å². The van der Waals surface area contributed by atoms with E-state index in [9.17, 15) is 0 Å². The molecule has 3 nitrogen and oxygen atoms in total. The molecule has 0 radical (unpaired) electrons. The predicted octanol–water partition coefficient (Wildman–Crippen LogP) is 6.90. The van der Waals surface area contributed by atoms with Gasteiger partial charge in [0, 0.05) is 37.3 Å². The van der Waals surface area contributed by atoms with E-state index in [2.05, 4.69) is 25.1 Å². The van der Waals surface area contributed by atoms with Crippen molar-refractivity contribution >= 4 is 43.9 Å². The fourth-order valence-corrected chi connectivity index (χ4v) is 4.56. The second kappa shape index (κ2) is 5.96. The van der Waals surface area contributed by atoms with E-state index in [0.717, 1.165) is 66.3 Å². The van der Waals surface area contributed by atoms with Gasteiger partial charge in [0.25, 0.3) is 0 Å². The molecule has 3 aromatic carbocycles. The minimum absolute atomic E-state index is 0.356. The Labute approximate surface area is 178 Å². The Kier molecular flexibility index (Phi) is 2.86. The van der Waals surface area contributed by atoms with Gasteiger partial charge in [-0.2, -0.15) is 0 Å². The molecule has 0 aliphatic carbocycles. The summed E-state index contributed by atoms with van der Waals surface area (Å²) in [6, 6.07) is 18.1. The summed E-state index contributed by atoms with van der Waals surface area (Å²) in [6.07, 6.45) is 1.71. The van der Waals surface area contributed by atoms with Crippen LogP contribution in [0.3, 0.4) is 0 Å². The lowest BCUT2D eigenvalue weighted by atomic mass is 9.98. The molecule has 3 aromatic heterocycles. The molecule has 30 heavy (non-hydrogen) atoms. The van der Waals surface area contributed by atoms with E-state index >= 15 is 0 Å². The second-order valence-electron chi connectivity index (χ2n) is 8.01. The Balaban J connectivity index is 1.73. The summed E-state index contributed by atoms with van der Waals surface area (Å²) < 4.78 is 38.0. The van der Waals surface area contributed by atoms with Crippen molar-refractivity contribution in [2.24, 2.45) is 7.05 Å². The molecule has 0 unspecified atom stereocenters. The molecule has 0 amide bonds. The number of rotatable bonds is 1. The number of fused-ring (bicyclic) bond motifs is 7. The molecule has 3 heterocycles. The second-order valence-corrected chi connectivity index (χ2v) is 8.01. The van der Waals surface area contributed by atoms with Crippen LogP contribution in [-0.2, 0) is 7.05 Å². The van der Waals surface area contributed by atoms with Crippen LogP contribution < -0.4 is 4.57 Å². The largest absolute Gasteiger partial charge is 0.456 e. The summed E-state index contributed by atoms with van der Waals surface area (Å²) in [5.74, 6) is 0. The Morgan fingerprint density at radius 3 is 2.37 bits per heavy atom. The van der Waals surface area contributed by atoms with E-state index in [1.807, 2.05) is 54.9 Å². The number of aromatic nitrogens is 1. The summed E-state index contributed by atoms with van der Waals surface area (Å²) in [7, 11) is 1.88. The summed E-state index contributed by atoms with van der Waals surface area (Å²) in [5, 5.41) is 4.16. The zero-order valence-corrected chi connectivity index (χ0v) is 17.0. The smallest absolute Gasteiger partial charge is 0.216 e. The molecule has 6 aromatic rings. The van der Waals surface area contributed by atoms with Gasteiger partial charge >= 0.3 is 0 Å². The summed E-state index contributed by atoms with van der Waals surface area (Å²) >= 11 is 0. The molecule has 3 heteroatoms. The maximum atomic E-state index is 7.85. The van der Waals surface area contributed by atoms with E-state index in [1.165, 1.54) is 0 Å². The van der Waals surface area contributed by atoms with Crippen LogP contribution in [0, 0.1) is 20.7 Å². The van der Waals surface area contributed by atoms with Crippen LogP contribution in [0.15, 0.2) is 69.6 Å². The minimum Gasteiger partial charge on any atom is -0.456 e. The first kappa shape index (κ1) is 14.4. The van der Waals surface area contributed by atoms with Gasteiger partial charge in [0.2, 0.25) is 5.69 Å². The molecule has 0 N–H and O–H groups in total. The van der Waals surface area contributed by atoms with Crippen LogP contribution in [0.4, 0.5) is 0 Å². The highest BCUT2D eigenvalue weighted by Gasteiger charge is 2.23. The lowest BCUT2D eigenvalue weighted by Gasteiger charge is -2.07. The number of pyridine rings is 1. The van der Waals surface area contributed by atoms with Crippen LogP contribution >= 0.6 is 0 Å². The number of furan rings is 2. The number of para-hydroxylation sites is 1. The molecule has 0 fully saturated rings. The summed E-state index contributed by atoms with van der Waals surface area (Å²) in [5.41, 5.74) is 7.30. The lowest BCUT2D eigenvalue weighted by molar-refractivity contribution is -0.660. The van der Waals surface area contributed by atoms with Crippen LogP contribution in [-0.4, -0.2) is 0 Å². The molecule has 146 valence electrons. The fraction of sp³-hybridized carbons (Fsp3) is 0.148. The van der Waals surface area contributed by atoms with Crippen LogP contribution in [0.25, 0.3) is 55.1 Å². The lowest BCUT2D eigenvalue weighted by Crippen LogP contribution is -2.31. The number of hydrogen-bond acceptors (Lipinski definition) is 2. The molecule has 0 saturated carbocycles. The number of hydrogen-bond donors (Lipinski definition) is 0. The zero-order chi connectivity index (χ0) is 23.1. The number of aryl methyl sites for hydroxylation is 4. The minimum atomic E-state index is -2.16. The monoisotopic (exact) mass is 395 g/mol. The van der Waals surface area contributed by atoms with Gasteiger partial charge in [-0.15, -0.1) is 0 Å². The maximum Gasteiger partial charge on any atom is 0.216 e. The van der Waals surface area contributed by atoms with Crippen molar-refractivity contribution in [2.45, 2.75) is 20.7 Å². The van der Waals surface area contributed by atoms with Gasteiger partial charge in [-0.1, -0.05) is 30.3 Å². The van der Waals surface area contributed by atoms with Crippen molar-refractivity contribution in [2.75, 3.05) is 0 Å². The SMILES string of the molecule is [2H]C([2H])([2H])c1c[n+](C)c(-c2c(C)ccc3c2oc2ccc4oc5ccccc5c4c23)cc1C. The third-order valence-electron chi connectivity index (χ3n) is 6.09. The van der Waals surface area contributed by atoms with Gasteiger partial charge in [-0.25, -0.2) is 4.57 Å². The Hall–Kier alpha value is -3.59. The highest BCUT2D eigenvalue weighted by atomic mass is 16.3. The molecule has 0 bridgehead atoms. The van der Waals surface area contributed by atoms with Crippen LogP contribution in [0.5, 0.6) is 0 Å². The first-order chi connectivity index (χ1) is 15.7. The van der Waals surface area contributed by atoms with Gasteiger partial charge in [-0.3, -0.25) is 0 Å². The van der Waals surface area contributed by atoms with E-state index in [-0.39, 0.29) is 0 Å². The number of nitrogens with zero attached hydrogens (tertiary/aromatic N) is 1. The average Bonchev–Trinajstić information content (AvgIpc) is 3.32. The van der Waals surface area contributed by atoms with Crippen molar-refractivity contribution in [3.8, 4) is 11.3 Å². The van der Waals surface area contributed by atoms with Gasteiger partial charge in [0.1, 0.15) is 29.4 Å². The van der Waals surface area contributed by atoms with E-state index in [4.69, 9.17) is 12.9 Å². The first-order valence-corrected chi connectivity index (χ1v) is 10.0. The van der Waals surface area contributed by atoms with Crippen LogP contribution in [0.2, 0.25) is 0 Å². The van der Waals surface area contributed by atoms with Crippen molar-refractivity contribution < 1.29 is 17.5 Å². The van der Waals surface area contributed by atoms with Crippen molar-refractivity contribution in [1.82, 2.24) is 0 Å². The quantitative estimate of drug-likeness (QED) is 0.283. The van der Waals surface area contributed by atoms with E-state index in [0.29, 0.717) is 5.56 Å². The Morgan fingerprint density at radius 1 is 0.767 bits per heavy atom. The topological polar surface area (TPSA) is 30.2 Å². The molecule has 0 aliphatic heterocycles. The molecule has 0 saturated heterocycles. The van der Waals surface area contributed by atoms with Gasteiger partial charge in [-0.05, 0) is 50.0 Å². The van der Waals surface area contributed by atoms with E-state index < -0.39 is 6.85 Å². The third kappa shape index (κ3) is 2.23. The summed E-state index contributed by atoms with van der Waals surface area (Å²) in [4.78, 5) is 0. The maximum absolute atomic E-state index is 7.85. The molecule has 0 atom stereocenters. The van der Waals surface area contributed by atoms with Gasteiger partial charge in [0.15, 0.2) is 6.20 Å². The Morgan fingerprint density at radius 2 is 1.53 bits per heavy atom. The Bertz CT molecular complexity index is 1740. The fourth-order valence-electron chi connectivity index (χ4n) is 4.56. The molecule has 0 spiro atoms. The normalized spacial score (nSPS) is 13.9. The van der Waals surface area contributed by atoms with Crippen LogP contribution in [0.1, 0.15) is 20.8 Å². The predicted molar refractivity (Wildman–Crippen MR) is 122 cm³/mol. The van der Waals surface area contributed by atoms with Gasteiger partial charge < -0.3 is 8.83 Å². The highest BCUT2D eigenvalue weighted by Crippen LogP contribution is 2.42. The molecular weight excluding hydrogens is 370 g/mol. The van der Waals surface area contributed by atoms with Crippen molar-refractivity contribution in [3.05, 3.63) is 77.5 Å². The van der Waals surface area contributed by atoms with E-state index in [1.54, 1.807) is 6.20 Å². The average molecular weight is 395 g/mol.